The first-order valence-electron chi connectivity index (χ1n) is 6.43. The van der Waals surface area contributed by atoms with Gasteiger partial charge in [-0.3, -0.25) is 0 Å². The summed E-state index contributed by atoms with van der Waals surface area (Å²) in [5.41, 5.74) is 0.447. The van der Waals surface area contributed by atoms with Gasteiger partial charge in [0, 0.05) is 23.7 Å². The number of benzene rings is 1. The molecule has 1 aromatic rings. The first kappa shape index (κ1) is 18.1. The average molecular weight is 359 g/mol. The predicted molar refractivity (Wildman–Crippen MR) is 85.4 cm³/mol. The van der Waals surface area contributed by atoms with Crippen LogP contribution in [0.1, 0.15) is 32.3 Å². The van der Waals surface area contributed by atoms with Crippen LogP contribution in [0.25, 0.3) is 0 Å². The van der Waals surface area contributed by atoms with Crippen molar-refractivity contribution in [1.29, 1.82) is 0 Å². The van der Waals surface area contributed by atoms with E-state index in [1.165, 1.54) is 16.4 Å². The van der Waals surface area contributed by atoms with Gasteiger partial charge in [-0.1, -0.05) is 43.5 Å². The highest BCUT2D eigenvalue weighted by Crippen LogP contribution is 2.33. The first-order chi connectivity index (χ1) is 9.39. The lowest BCUT2D eigenvalue weighted by molar-refractivity contribution is 0.419. The molecule has 0 heterocycles. The minimum atomic E-state index is -3.62. The summed E-state index contributed by atoms with van der Waals surface area (Å²) in [6.45, 7) is 4.70. The van der Waals surface area contributed by atoms with Crippen molar-refractivity contribution in [2.24, 2.45) is 0 Å². The van der Waals surface area contributed by atoms with Crippen molar-refractivity contribution in [3.05, 3.63) is 27.7 Å². The third-order valence-corrected chi connectivity index (χ3v) is 6.20. The van der Waals surface area contributed by atoms with Crippen molar-refractivity contribution in [2.75, 3.05) is 13.1 Å². The lowest BCUT2D eigenvalue weighted by Crippen LogP contribution is -2.32. The Morgan fingerprint density at radius 1 is 1.20 bits per heavy atom. The molecule has 0 aliphatic carbocycles. The summed E-state index contributed by atoms with van der Waals surface area (Å²) in [5, 5.41) is 0.489. The number of hydrogen-bond acceptors (Lipinski definition) is 2. The summed E-state index contributed by atoms with van der Waals surface area (Å²) >= 11 is 17.9. The average Bonchev–Trinajstić information content (AvgIpc) is 2.39. The van der Waals surface area contributed by atoms with Gasteiger partial charge in [0.2, 0.25) is 10.0 Å². The molecule has 0 bridgehead atoms. The van der Waals surface area contributed by atoms with E-state index in [2.05, 4.69) is 0 Å². The molecule has 0 N–H and O–H groups in total. The standard InChI is InChI=1S/C13H18Cl3NO2S/c1-3-5-8-17(4-2)20(18,19)12-7-6-11(15)10(9-14)13(12)16/h6-7H,3-5,8-9H2,1-2H3. The van der Waals surface area contributed by atoms with Gasteiger partial charge in [-0.05, 0) is 18.6 Å². The summed E-state index contributed by atoms with van der Waals surface area (Å²) in [7, 11) is -3.62. The molecule has 7 heteroatoms. The number of sulfonamides is 1. The Morgan fingerprint density at radius 2 is 1.85 bits per heavy atom. The van der Waals surface area contributed by atoms with Gasteiger partial charge in [-0.15, -0.1) is 11.6 Å². The topological polar surface area (TPSA) is 37.4 Å². The molecule has 0 fully saturated rings. The number of hydrogen-bond donors (Lipinski definition) is 0. The van der Waals surface area contributed by atoms with Gasteiger partial charge in [0.15, 0.2) is 0 Å². The zero-order valence-electron chi connectivity index (χ0n) is 11.5. The van der Waals surface area contributed by atoms with Crippen LogP contribution in [0.5, 0.6) is 0 Å². The quantitative estimate of drug-likeness (QED) is 0.671. The minimum absolute atomic E-state index is 0.0668. The summed E-state index contributed by atoms with van der Waals surface area (Å²) in [6, 6.07) is 2.95. The van der Waals surface area contributed by atoms with Crippen LogP contribution in [0.3, 0.4) is 0 Å². The van der Waals surface area contributed by atoms with Crippen LogP contribution in [-0.4, -0.2) is 25.8 Å². The molecule has 1 aromatic carbocycles. The Morgan fingerprint density at radius 3 is 2.35 bits per heavy atom. The number of rotatable bonds is 7. The van der Waals surface area contributed by atoms with E-state index < -0.39 is 10.0 Å². The van der Waals surface area contributed by atoms with Crippen molar-refractivity contribution in [1.82, 2.24) is 4.31 Å². The van der Waals surface area contributed by atoms with Gasteiger partial charge in [0.1, 0.15) is 4.90 Å². The zero-order valence-corrected chi connectivity index (χ0v) is 14.6. The van der Waals surface area contributed by atoms with Crippen LogP contribution in [-0.2, 0) is 15.9 Å². The second kappa shape index (κ2) is 7.85. The highest BCUT2D eigenvalue weighted by atomic mass is 35.5. The van der Waals surface area contributed by atoms with Crippen LogP contribution in [0.4, 0.5) is 0 Å². The second-order valence-corrected chi connectivity index (χ2v) is 7.28. The second-order valence-electron chi connectivity index (χ2n) is 4.32. The van der Waals surface area contributed by atoms with Gasteiger partial charge in [-0.2, -0.15) is 4.31 Å². The van der Waals surface area contributed by atoms with Crippen LogP contribution >= 0.6 is 34.8 Å². The Labute approximate surface area is 135 Å². The Balaban J connectivity index is 3.27. The maximum absolute atomic E-state index is 12.6. The van der Waals surface area contributed by atoms with Crippen molar-refractivity contribution in [3.63, 3.8) is 0 Å². The largest absolute Gasteiger partial charge is 0.244 e. The molecule has 0 saturated heterocycles. The highest BCUT2D eigenvalue weighted by Gasteiger charge is 2.26. The van der Waals surface area contributed by atoms with E-state index in [0.29, 0.717) is 23.7 Å². The smallest absolute Gasteiger partial charge is 0.207 e. The van der Waals surface area contributed by atoms with E-state index in [4.69, 9.17) is 34.8 Å². The van der Waals surface area contributed by atoms with Crippen molar-refractivity contribution in [3.8, 4) is 0 Å². The molecular weight excluding hydrogens is 341 g/mol. The van der Waals surface area contributed by atoms with E-state index in [-0.39, 0.29) is 15.8 Å². The maximum atomic E-state index is 12.6. The fourth-order valence-electron chi connectivity index (χ4n) is 1.82. The van der Waals surface area contributed by atoms with E-state index in [1.54, 1.807) is 6.92 Å². The fourth-order valence-corrected chi connectivity index (χ4v) is 4.61. The minimum Gasteiger partial charge on any atom is -0.207 e. The van der Waals surface area contributed by atoms with Crippen molar-refractivity contribution in [2.45, 2.75) is 37.5 Å². The molecule has 0 saturated carbocycles. The van der Waals surface area contributed by atoms with Crippen molar-refractivity contribution < 1.29 is 8.42 Å². The van der Waals surface area contributed by atoms with Crippen molar-refractivity contribution >= 4 is 44.8 Å². The summed E-state index contributed by atoms with van der Waals surface area (Å²) in [6.07, 6.45) is 1.73. The summed E-state index contributed by atoms with van der Waals surface area (Å²) in [4.78, 5) is 0.0668. The van der Waals surface area contributed by atoms with E-state index in [9.17, 15) is 8.42 Å². The first-order valence-corrected chi connectivity index (χ1v) is 9.16. The van der Waals surface area contributed by atoms with Gasteiger partial charge in [-0.25, -0.2) is 8.42 Å². The fraction of sp³-hybridized carbons (Fsp3) is 0.538. The van der Waals surface area contributed by atoms with Gasteiger partial charge >= 0.3 is 0 Å². The Bertz CT molecular complexity index is 561. The van der Waals surface area contributed by atoms with Crippen LogP contribution in [0.15, 0.2) is 17.0 Å². The predicted octanol–water partition coefficient (Wildman–Crippen LogP) is 4.54. The third-order valence-electron chi connectivity index (χ3n) is 3.02. The van der Waals surface area contributed by atoms with E-state index >= 15 is 0 Å². The molecule has 3 nitrogen and oxygen atoms in total. The third kappa shape index (κ3) is 3.80. The monoisotopic (exact) mass is 357 g/mol. The van der Waals surface area contributed by atoms with Crippen LogP contribution in [0.2, 0.25) is 10.0 Å². The lowest BCUT2D eigenvalue weighted by Gasteiger charge is -2.21. The van der Waals surface area contributed by atoms with Crippen LogP contribution in [0, 0.1) is 0 Å². The lowest BCUT2D eigenvalue weighted by atomic mass is 10.2. The molecule has 0 aliphatic rings. The molecule has 1 rings (SSSR count). The molecule has 0 aromatic heterocycles. The Hall–Kier alpha value is -0.000000000000000167. The molecule has 0 amide bonds. The van der Waals surface area contributed by atoms with Gasteiger partial charge in [0.05, 0.1) is 10.9 Å². The molecule has 20 heavy (non-hydrogen) atoms. The number of nitrogens with zero attached hydrogens (tertiary/aromatic N) is 1. The summed E-state index contributed by atoms with van der Waals surface area (Å²) < 4.78 is 26.7. The normalized spacial score (nSPS) is 12.1. The van der Waals surface area contributed by atoms with Crippen LogP contribution < -0.4 is 0 Å². The Kier molecular flexibility index (Phi) is 7.09. The SMILES string of the molecule is CCCCN(CC)S(=O)(=O)c1ccc(Cl)c(CCl)c1Cl. The maximum Gasteiger partial charge on any atom is 0.244 e. The zero-order chi connectivity index (χ0) is 15.3. The number of halogens is 3. The number of alkyl halides is 1. The molecule has 0 unspecified atom stereocenters. The van der Waals surface area contributed by atoms with Gasteiger partial charge in [0.25, 0.3) is 0 Å². The molecular formula is C13H18Cl3NO2S. The number of unbranched alkanes of at least 4 members (excludes halogenated alkanes) is 1. The molecule has 0 aliphatic heterocycles. The molecule has 0 radical (unpaired) electrons. The van der Waals surface area contributed by atoms with E-state index in [0.717, 1.165) is 12.8 Å². The van der Waals surface area contributed by atoms with Gasteiger partial charge < -0.3 is 0 Å². The van der Waals surface area contributed by atoms with E-state index in [1.807, 2.05) is 6.92 Å². The molecule has 0 atom stereocenters. The molecule has 0 spiro atoms. The summed E-state index contributed by atoms with van der Waals surface area (Å²) in [5.74, 6) is 0.0715. The molecule has 114 valence electrons. The highest BCUT2D eigenvalue weighted by molar-refractivity contribution is 7.89.